The Bertz CT molecular complexity index is 750. The lowest BCUT2D eigenvalue weighted by molar-refractivity contribution is -0.118. The maximum absolute atomic E-state index is 12.1. The molecule has 0 aromatic heterocycles. The number of hydrogen-bond donors (Lipinski definition) is 2. The second-order valence-corrected chi connectivity index (χ2v) is 6.39. The third-order valence-electron chi connectivity index (χ3n) is 3.78. The summed E-state index contributed by atoms with van der Waals surface area (Å²) in [5, 5.41) is 6.41. The minimum Gasteiger partial charge on any atom is -0.493 e. The van der Waals surface area contributed by atoms with E-state index in [0.29, 0.717) is 35.4 Å². The van der Waals surface area contributed by atoms with Crippen molar-refractivity contribution in [1.29, 1.82) is 0 Å². The van der Waals surface area contributed by atoms with Crippen LogP contribution in [-0.2, 0) is 16.1 Å². The van der Waals surface area contributed by atoms with Gasteiger partial charge in [0.1, 0.15) is 0 Å². The molecule has 0 saturated heterocycles. The van der Waals surface area contributed by atoms with Crippen LogP contribution in [0.3, 0.4) is 0 Å². The second kappa shape index (κ2) is 10.8. The highest BCUT2D eigenvalue weighted by molar-refractivity contribution is 6.32. The summed E-state index contributed by atoms with van der Waals surface area (Å²) in [4.78, 5) is 12.1. The van der Waals surface area contributed by atoms with Gasteiger partial charge in [0.25, 0.3) is 5.91 Å². The lowest BCUT2D eigenvalue weighted by atomic mass is 10.2. The van der Waals surface area contributed by atoms with Crippen molar-refractivity contribution in [3.05, 3.63) is 52.5 Å². The van der Waals surface area contributed by atoms with Gasteiger partial charge >= 0.3 is 0 Å². The highest BCUT2D eigenvalue weighted by atomic mass is 35.5. The Kier molecular flexibility index (Phi) is 8.39. The molecule has 6 nitrogen and oxygen atoms in total. The molecule has 0 aliphatic rings. The van der Waals surface area contributed by atoms with Crippen molar-refractivity contribution >= 4 is 23.2 Å². The molecule has 0 radical (unpaired) electrons. The Morgan fingerprint density at radius 2 is 1.89 bits per heavy atom. The fraction of sp³-hybridized carbons (Fsp3) is 0.350. The van der Waals surface area contributed by atoms with E-state index in [1.54, 1.807) is 13.2 Å². The van der Waals surface area contributed by atoms with Crippen molar-refractivity contribution in [3.63, 3.8) is 0 Å². The molecule has 1 amide bonds. The average Bonchev–Trinajstić information content (AvgIpc) is 2.66. The minimum absolute atomic E-state index is 0.171. The van der Waals surface area contributed by atoms with E-state index in [0.717, 1.165) is 17.7 Å². The van der Waals surface area contributed by atoms with Crippen molar-refractivity contribution in [3.8, 4) is 11.5 Å². The monoisotopic (exact) mass is 392 g/mol. The van der Waals surface area contributed by atoms with Crippen LogP contribution in [-0.4, -0.2) is 39.9 Å². The third kappa shape index (κ3) is 6.75. The van der Waals surface area contributed by atoms with Crippen LogP contribution in [0.4, 0.5) is 5.69 Å². The topological polar surface area (TPSA) is 68.8 Å². The molecule has 0 fully saturated rings. The second-order valence-electron chi connectivity index (χ2n) is 5.98. The fourth-order valence-electron chi connectivity index (χ4n) is 2.39. The lowest BCUT2D eigenvalue weighted by Gasteiger charge is -2.14. The zero-order valence-corrected chi connectivity index (χ0v) is 16.6. The molecule has 0 aliphatic carbocycles. The summed E-state index contributed by atoms with van der Waals surface area (Å²) in [6, 6.07) is 11.2. The van der Waals surface area contributed by atoms with Gasteiger partial charge in [0.2, 0.25) is 0 Å². The smallest absolute Gasteiger partial charge is 0.262 e. The summed E-state index contributed by atoms with van der Waals surface area (Å²) < 4.78 is 16.0. The van der Waals surface area contributed by atoms with Crippen LogP contribution in [0.5, 0.6) is 11.5 Å². The first-order valence-corrected chi connectivity index (χ1v) is 8.96. The first kappa shape index (κ1) is 21.0. The van der Waals surface area contributed by atoms with Gasteiger partial charge in [-0.15, -0.1) is 0 Å². The summed E-state index contributed by atoms with van der Waals surface area (Å²) in [5.41, 5.74) is 2.78. The van der Waals surface area contributed by atoms with Gasteiger partial charge in [0, 0.05) is 25.9 Å². The van der Waals surface area contributed by atoms with Gasteiger partial charge in [-0.05, 0) is 36.8 Å². The molecule has 0 spiro atoms. The highest BCUT2D eigenvalue weighted by Gasteiger charge is 2.14. The van der Waals surface area contributed by atoms with Crippen LogP contribution in [0.2, 0.25) is 5.02 Å². The van der Waals surface area contributed by atoms with E-state index in [1.807, 2.05) is 37.3 Å². The number of benzene rings is 2. The number of carbonyl (C=O) groups is 1. The van der Waals surface area contributed by atoms with E-state index >= 15 is 0 Å². The minimum atomic E-state index is -0.276. The molecular formula is C20H25ClN2O4. The molecule has 0 bridgehead atoms. The molecule has 0 atom stereocenters. The lowest BCUT2D eigenvalue weighted by Crippen LogP contribution is -2.20. The number of rotatable bonds is 10. The summed E-state index contributed by atoms with van der Waals surface area (Å²) in [6.07, 6.45) is 0. The van der Waals surface area contributed by atoms with Crippen LogP contribution >= 0.6 is 11.6 Å². The zero-order valence-electron chi connectivity index (χ0n) is 15.8. The number of aryl methyl sites for hydroxylation is 1. The molecule has 146 valence electrons. The molecule has 2 aromatic rings. The van der Waals surface area contributed by atoms with Crippen LogP contribution in [0.15, 0.2) is 36.4 Å². The van der Waals surface area contributed by atoms with Gasteiger partial charge in [-0.1, -0.05) is 29.3 Å². The number of amides is 1. The Morgan fingerprint density at radius 1 is 1.15 bits per heavy atom. The molecule has 2 aromatic carbocycles. The molecule has 7 heteroatoms. The van der Waals surface area contributed by atoms with Gasteiger partial charge in [0.15, 0.2) is 18.1 Å². The Balaban J connectivity index is 1.96. The Hall–Kier alpha value is -2.28. The first-order valence-electron chi connectivity index (χ1n) is 8.59. The predicted octanol–water partition coefficient (Wildman–Crippen LogP) is 3.41. The molecule has 0 heterocycles. The maximum Gasteiger partial charge on any atom is 0.262 e. The quantitative estimate of drug-likeness (QED) is 0.606. The van der Waals surface area contributed by atoms with E-state index in [9.17, 15) is 4.79 Å². The number of hydrogen-bond acceptors (Lipinski definition) is 5. The summed E-state index contributed by atoms with van der Waals surface area (Å²) >= 11 is 6.33. The summed E-state index contributed by atoms with van der Waals surface area (Å²) in [5.74, 6) is 0.551. The van der Waals surface area contributed by atoms with Crippen LogP contribution in [0.25, 0.3) is 0 Å². The van der Waals surface area contributed by atoms with E-state index < -0.39 is 0 Å². The molecule has 27 heavy (non-hydrogen) atoms. The summed E-state index contributed by atoms with van der Waals surface area (Å²) in [7, 11) is 3.19. The third-order valence-corrected chi connectivity index (χ3v) is 4.06. The van der Waals surface area contributed by atoms with Gasteiger partial charge in [-0.25, -0.2) is 0 Å². The fourth-order valence-corrected chi connectivity index (χ4v) is 2.68. The van der Waals surface area contributed by atoms with E-state index in [2.05, 4.69) is 10.6 Å². The molecule has 0 aliphatic heterocycles. The van der Waals surface area contributed by atoms with Crippen LogP contribution < -0.4 is 20.1 Å². The van der Waals surface area contributed by atoms with E-state index in [-0.39, 0.29) is 12.5 Å². The molecule has 0 saturated carbocycles. The van der Waals surface area contributed by atoms with Crippen molar-refractivity contribution in [1.82, 2.24) is 5.32 Å². The molecular weight excluding hydrogens is 368 g/mol. The number of ether oxygens (including phenoxy) is 3. The molecule has 2 N–H and O–H groups in total. The Morgan fingerprint density at radius 3 is 2.56 bits per heavy atom. The number of carbonyl (C=O) groups excluding carboxylic acids is 1. The standard InChI is InChI=1S/C20H25ClN2O4/c1-14-4-6-16(7-5-14)23-19(24)13-27-20-17(21)10-15(11-18(20)26-3)12-22-8-9-25-2/h4-7,10-11,22H,8-9,12-13H2,1-3H3,(H,23,24). The van der Waals surface area contributed by atoms with Crippen molar-refractivity contribution in [2.45, 2.75) is 13.5 Å². The van der Waals surface area contributed by atoms with Gasteiger partial charge in [-0.3, -0.25) is 4.79 Å². The largest absolute Gasteiger partial charge is 0.493 e. The number of halogens is 1. The zero-order chi connectivity index (χ0) is 19.6. The van der Waals surface area contributed by atoms with Gasteiger partial charge in [0.05, 0.1) is 18.7 Å². The highest BCUT2D eigenvalue weighted by Crippen LogP contribution is 2.36. The van der Waals surface area contributed by atoms with Gasteiger partial charge < -0.3 is 24.8 Å². The van der Waals surface area contributed by atoms with Crippen LogP contribution in [0, 0.1) is 6.92 Å². The summed E-state index contributed by atoms with van der Waals surface area (Å²) in [6.45, 7) is 3.79. The number of anilines is 1. The van der Waals surface area contributed by atoms with Gasteiger partial charge in [-0.2, -0.15) is 0 Å². The molecule has 0 unspecified atom stereocenters. The molecule has 2 rings (SSSR count). The number of nitrogens with one attached hydrogen (secondary N) is 2. The maximum atomic E-state index is 12.1. The number of methoxy groups -OCH3 is 2. The van der Waals surface area contributed by atoms with Crippen molar-refractivity contribution < 1.29 is 19.0 Å². The Labute approximate surface area is 164 Å². The van der Waals surface area contributed by atoms with E-state index in [4.69, 9.17) is 25.8 Å². The van der Waals surface area contributed by atoms with E-state index in [1.165, 1.54) is 7.11 Å². The first-order chi connectivity index (χ1) is 13.0. The van der Waals surface area contributed by atoms with Crippen molar-refractivity contribution in [2.24, 2.45) is 0 Å². The predicted molar refractivity (Wildman–Crippen MR) is 107 cm³/mol. The SMILES string of the molecule is COCCNCc1cc(Cl)c(OCC(=O)Nc2ccc(C)cc2)c(OC)c1. The average molecular weight is 393 g/mol. The van der Waals surface area contributed by atoms with Crippen molar-refractivity contribution in [2.75, 3.05) is 39.3 Å². The normalized spacial score (nSPS) is 10.5. The van der Waals surface area contributed by atoms with Crippen LogP contribution in [0.1, 0.15) is 11.1 Å².